The number of aromatic nitrogens is 1. The van der Waals surface area contributed by atoms with Crippen LogP contribution in [0.2, 0.25) is 0 Å². The summed E-state index contributed by atoms with van der Waals surface area (Å²) < 4.78 is 8.03. The number of nitrogens with zero attached hydrogens (tertiary/aromatic N) is 3. The van der Waals surface area contributed by atoms with Gasteiger partial charge in [-0.1, -0.05) is 12.5 Å². The minimum Gasteiger partial charge on any atom is -0.444 e. The number of ether oxygens (including phenoxy) is 1. The van der Waals surface area contributed by atoms with Crippen molar-refractivity contribution in [1.29, 1.82) is 0 Å². The Labute approximate surface area is 172 Å². The number of hydrogen-bond donors (Lipinski definition) is 0. The van der Waals surface area contributed by atoms with E-state index in [-0.39, 0.29) is 12.1 Å². The lowest BCUT2D eigenvalue weighted by molar-refractivity contribution is 0.0224. The summed E-state index contributed by atoms with van der Waals surface area (Å²) in [6, 6.07) is 8.78. The van der Waals surface area contributed by atoms with E-state index in [1.807, 2.05) is 44.1 Å². The molecule has 2 aromatic rings. The zero-order valence-electron chi connectivity index (χ0n) is 17.4. The minimum atomic E-state index is -0.465. The number of carbonyl (C=O) groups excluding carboxylic acids is 1. The number of benzene rings is 1. The minimum absolute atomic E-state index is 0.204. The molecular weight excluding hydrogens is 370 g/mol. The fraction of sp³-hybridized carbons (Fsp3) is 0.545. The smallest absolute Gasteiger partial charge is 0.410 e. The van der Waals surface area contributed by atoms with Gasteiger partial charge in [-0.25, -0.2) is 9.10 Å². The molecule has 0 saturated carbocycles. The molecule has 1 aliphatic rings. The average Bonchev–Trinajstić information content (AvgIpc) is 2.72. The number of rotatable bonds is 2. The first-order chi connectivity index (χ1) is 13.3. The van der Waals surface area contributed by atoms with Crippen molar-refractivity contribution < 1.29 is 9.53 Å². The van der Waals surface area contributed by atoms with Crippen molar-refractivity contribution in [1.82, 2.24) is 14.2 Å². The second-order valence-electron chi connectivity index (χ2n) is 8.45. The Morgan fingerprint density at radius 1 is 1.14 bits per heavy atom. The highest BCUT2D eigenvalue weighted by molar-refractivity contribution is 7.97. The summed E-state index contributed by atoms with van der Waals surface area (Å²) in [5, 5.41) is 2.35. The van der Waals surface area contributed by atoms with Crippen LogP contribution in [0.1, 0.15) is 47.0 Å². The van der Waals surface area contributed by atoms with Gasteiger partial charge in [0.25, 0.3) is 0 Å². The molecule has 1 aromatic carbocycles. The predicted molar refractivity (Wildman–Crippen MR) is 115 cm³/mol. The van der Waals surface area contributed by atoms with E-state index in [9.17, 15) is 4.79 Å². The fourth-order valence-corrected chi connectivity index (χ4v) is 4.40. The molecular formula is C22H31N3O2S. The van der Waals surface area contributed by atoms with Crippen molar-refractivity contribution in [2.24, 2.45) is 0 Å². The molecule has 28 heavy (non-hydrogen) atoms. The highest BCUT2D eigenvalue weighted by atomic mass is 32.2. The summed E-state index contributed by atoms with van der Waals surface area (Å²) >= 11 is 1.78. The van der Waals surface area contributed by atoms with Crippen molar-refractivity contribution in [3.8, 4) is 0 Å². The lowest BCUT2D eigenvalue weighted by atomic mass is 10.2. The molecule has 0 spiro atoms. The Morgan fingerprint density at radius 2 is 1.93 bits per heavy atom. The van der Waals surface area contributed by atoms with E-state index in [1.54, 1.807) is 11.9 Å². The molecule has 1 saturated heterocycles. The number of fused-ring (bicyclic) bond motifs is 1. The van der Waals surface area contributed by atoms with Gasteiger partial charge in [-0.05, 0) is 76.1 Å². The summed E-state index contributed by atoms with van der Waals surface area (Å²) in [5.74, 6) is 0. The molecule has 1 atom stereocenters. The van der Waals surface area contributed by atoms with E-state index in [4.69, 9.17) is 4.74 Å². The van der Waals surface area contributed by atoms with Gasteiger partial charge in [-0.3, -0.25) is 4.98 Å². The highest BCUT2D eigenvalue weighted by Gasteiger charge is 2.26. The molecule has 1 amide bonds. The van der Waals surface area contributed by atoms with Gasteiger partial charge in [0.1, 0.15) is 5.60 Å². The first kappa shape index (κ1) is 20.9. The summed E-state index contributed by atoms with van der Waals surface area (Å²) in [7, 11) is 0. The van der Waals surface area contributed by atoms with E-state index >= 15 is 0 Å². The average molecular weight is 402 g/mol. The van der Waals surface area contributed by atoms with Crippen molar-refractivity contribution in [2.75, 3.05) is 19.6 Å². The molecule has 0 aliphatic carbocycles. The zero-order chi connectivity index (χ0) is 20.1. The molecule has 6 heteroatoms. The van der Waals surface area contributed by atoms with Crippen molar-refractivity contribution >= 4 is 28.8 Å². The number of pyridine rings is 1. The maximum absolute atomic E-state index is 12.6. The van der Waals surface area contributed by atoms with E-state index in [0.29, 0.717) is 6.54 Å². The van der Waals surface area contributed by atoms with Crippen LogP contribution in [0.3, 0.4) is 0 Å². The highest BCUT2D eigenvalue weighted by Crippen LogP contribution is 2.29. The number of amides is 1. The van der Waals surface area contributed by atoms with Crippen molar-refractivity contribution in [3.05, 3.63) is 36.7 Å². The second-order valence-corrected chi connectivity index (χ2v) is 9.58. The Morgan fingerprint density at radius 3 is 2.71 bits per heavy atom. The van der Waals surface area contributed by atoms with E-state index in [0.717, 1.165) is 37.7 Å². The monoisotopic (exact) mass is 401 g/mol. The van der Waals surface area contributed by atoms with Gasteiger partial charge in [0.15, 0.2) is 0 Å². The number of carbonyl (C=O) groups is 1. The molecule has 0 radical (unpaired) electrons. The van der Waals surface area contributed by atoms with Gasteiger partial charge in [0.2, 0.25) is 0 Å². The molecule has 0 bridgehead atoms. The normalized spacial score (nSPS) is 19.7. The van der Waals surface area contributed by atoms with Gasteiger partial charge >= 0.3 is 6.09 Å². The third-order valence-corrected chi connectivity index (χ3v) is 6.01. The van der Waals surface area contributed by atoms with Crippen LogP contribution in [0.4, 0.5) is 4.79 Å². The first-order valence-corrected chi connectivity index (χ1v) is 10.9. The molecule has 2 heterocycles. The topological polar surface area (TPSA) is 45.7 Å². The van der Waals surface area contributed by atoms with Gasteiger partial charge < -0.3 is 9.64 Å². The van der Waals surface area contributed by atoms with Gasteiger partial charge in [0, 0.05) is 48.4 Å². The van der Waals surface area contributed by atoms with Crippen LogP contribution in [-0.2, 0) is 4.74 Å². The lowest BCUT2D eigenvalue weighted by Gasteiger charge is -2.32. The maximum atomic E-state index is 12.6. The standard InChI is InChI=1S/C22H31N3O2S/c1-17-16-24(21(26)27-22(2,3)4)12-6-5-7-13-25(17)28-20-9-8-19-15-23-11-10-18(19)14-20/h8-11,14-15,17H,5-7,12-13,16H2,1-4H3/t17-/m0/s1. The van der Waals surface area contributed by atoms with Crippen LogP contribution >= 0.6 is 11.9 Å². The molecule has 3 rings (SSSR count). The van der Waals surface area contributed by atoms with Crippen LogP contribution in [0, 0.1) is 0 Å². The van der Waals surface area contributed by atoms with E-state index in [1.165, 1.54) is 10.3 Å². The second kappa shape index (κ2) is 9.14. The summed E-state index contributed by atoms with van der Waals surface area (Å²) in [5.41, 5.74) is -0.465. The molecule has 1 aromatic heterocycles. The molecule has 1 aliphatic heterocycles. The molecule has 0 N–H and O–H groups in total. The Balaban J connectivity index is 1.71. The summed E-state index contributed by atoms with van der Waals surface area (Å²) in [4.78, 5) is 19.9. The quantitative estimate of drug-likeness (QED) is 0.635. The largest absolute Gasteiger partial charge is 0.444 e. The third kappa shape index (κ3) is 5.85. The first-order valence-electron chi connectivity index (χ1n) is 10.1. The van der Waals surface area contributed by atoms with Crippen molar-refractivity contribution in [3.63, 3.8) is 0 Å². The molecule has 152 valence electrons. The van der Waals surface area contributed by atoms with Crippen LogP contribution < -0.4 is 0 Å². The van der Waals surface area contributed by atoms with Crippen LogP contribution in [0.25, 0.3) is 10.8 Å². The van der Waals surface area contributed by atoms with Crippen LogP contribution in [0.5, 0.6) is 0 Å². The number of hydrogen-bond acceptors (Lipinski definition) is 5. The van der Waals surface area contributed by atoms with E-state index < -0.39 is 5.60 Å². The predicted octanol–water partition coefficient (Wildman–Crippen LogP) is 5.35. The van der Waals surface area contributed by atoms with Gasteiger partial charge in [-0.2, -0.15) is 0 Å². The Hall–Kier alpha value is -1.79. The van der Waals surface area contributed by atoms with Crippen LogP contribution in [0.15, 0.2) is 41.6 Å². The SMILES string of the molecule is C[C@H]1CN(C(=O)OC(C)(C)C)CCCCCN1Sc1ccc2cnccc2c1. The summed E-state index contributed by atoms with van der Waals surface area (Å²) in [6.45, 7) is 10.4. The van der Waals surface area contributed by atoms with Gasteiger partial charge in [-0.15, -0.1) is 0 Å². The summed E-state index contributed by atoms with van der Waals surface area (Å²) in [6.07, 6.45) is 6.80. The van der Waals surface area contributed by atoms with Crippen molar-refractivity contribution in [2.45, 2.75) is 63.5 Å². The Kier molecular flexibility index (Phi) is 6.83. The van der Waals surface area contributed by atoms with Gasteiger partial charge in [0.05, 0.1) is 0 Å². The molecule has 1 fully saturated rings. The molecule has 0 unspecified atom stereocenters. The zero-order valence-corrected chi connectivity index (χ0v) is 18.2. The van der Waals surface area contributed by atoms with Crippen LogP contribution in [-0.4, -0.2) is 51.6 Å². The Bertz CT molecular complexity index is 806. The lowest BCUT2D eigenvalue weighted by Crippen LogP contribution is -2.44. The fourth-order valence-electron chi connectivity index (χ4n) is 3.35. The molecule has 5 nitrogen and oxygen atoms in total. The van der Waals surface area contributed by atoms with E-state index in [2.05, 4.69) is 34.4 Å². The maximum Gasteiger partial charge on any atom is 0.410 e. The third-order valence-electron chi connectivity index (χ3n) is 4.77.